The number of ether oxygens (including phenoxy) is 1. The highest BCUT2D eigenvalue weighted by atomic mass is 127. The molecule has 0 fully saturated rings. The Labute approximate surface area is 139 Å². The third kappa shape index (κ3) is 6.45. The van der Waals surface area contributed by atoms with E-state index >= 15 is 0 Å². The van der Waals surface area contributed by atoms with Crippen molar-refractivity contribution in [3.8, 4) is 5.75 Å². The van der Waals surface area contributed by atoms with Gasteiger partial charge in [-0.1, -0.05) is 32.9 Å². The van der Waals surface area contributed by atoms with Crippen LogP contribution in [0.2, 0.25) is 0 Å². The molecule has 1 aromatic rings. The summed E-state index contributed by atoms with van der Waals surface area (Å²) < 4.78 is 5.67. The molecule has 5 heteroatoms. The molecule has 2 N–H and O–H groups in total. The van der Waals surface area contributed by atoms with Crippen LogP contribution in [0.15, 0.2) is 29.3 Å². The Morgan fingerprint density at radius 3 is 2.25 bits per heavy atom. The van der Waals surface area contributed by atoms with E-state index in [-0.39, 0.29) is 29.4 Å². The molecule has 0 aliphatic heterocycles. The van der Waals surface area contributed by atoms with E-state index < -0.39 is 0 Å². The van der Waals surface area contributed by atoms with Gasteiger partial charge in [-0.2, -0.15) is 0 Å². The normalized spacial score (nSPS) is 11.6. The molecule has 0 aliphatic rings. The van der Waals surface area contributed by atoms with Crippen LogP contribution in [0.4, 0.5) is 0 Å². The van der Waals surface area contributed by atoms with Gasteiger partial charge in [-0.3, -0.25) is 4.99 Å². The standard InChI is InChI=1S/C15H25N3O.HI/c1-15(2,3)12-6-8-13(9-7-12)19-11-10-18-14(16-4)17-5;/h6-9H,10-11H2,1-5H3,(H2,16,17,18);1H. The van der Waals surface area contributed by atoms with Gasteiger partial charge in [0.2, 0.25) is 0 Å². The molecular formula is C15H26IN3O. The molecule has 1 aromatic carbocycles. The van der Waals surface area contributed by atoms with Crippen molar-refractivity contribution in [2.75, 3.05) is 27.2 Å². The van der Waals surface area contributed by atoms with Gasteiger partial charge in [0.1, 0.15) is 12.4 Å². The molecule has 0 aliphatic carbocycles. The molecule has 0 unspecified atom stereocenters. The molecule has 114 valence electrons. The second-order valence-corrected chi connectivity index (χ2v) is 5.37. The molecule has 0 aromatic heterocycles. The highest BCUT2D eigenvalue weighted by Crippen LogP contribution is 2.24. The van der Waals surface area contributed by atoms with Crippen molar-refractivity contribution in [2.24, 2.45) is 4.99 Å². The van der Waals surface area contributed by atoms with Gasteiger partial charge in [0, 0.05) is 14.1 Å². The Morgan fingerprint density at radius 1 is 1.20 bits per heavy atom. The minimum absolute atomic E-state index is 0. The third-order valence-electron chi connectivity index (χ3n) is 2.84. The van der Waals surface area contributed by atoms with Gasteiger partial charge in [0.05, 0.1) is 6.54 Å². The third-order valence-corrected chi connectivity index (χ3v) is 2.84. The van der Waals surface area contributed by atoms with E-state index in [9.17, 15) is 0 Å². The zero-order valence-electron chi connectivity index (χ0n) is 13.0. The van der Waals surface area contributed by atoms with Gasteiger partial charge in [-0.25, -0.2) is 0 Å². The highest BCUT2D eigenvalue weighted by Gasteiger charge is 2.12. The van der Waals surface area contributed by atoms with E-state index in [2.05, 4.69) is 48.5 Å². The Bertz CT molecular complexity index is 410. The first-order valence-electron chi connectivity index (χ1n) is 6.59. The number of guanidine groups is 1. The van der Waals surface area contributed by atoms with Crippen molar-refractivity contribution in [3.05, 3.63) is 29.8 Å². The van der Waals surface area contributed by atoms with E-state index in [1.54, 1.807) is 7.05 Å². The maximum atomic E-state index is 5.67. The quantitative estimate of drug-likeness (QED) is 0.359. The molecule has 4 nitrogen and oxygen atoms in total. The van der Waals surface area contributed by atoms with Crippen LogP contribution in [0.25, 0.3) is 0 Å². The maximum Gasteiger partial charge on any atom is 0.190 e. The molecule has 0 spiro atoms. The van der Waals surface area contributed by atoms with E-state index in [0.29, 0.717) is 13.2 Å². The summed E-state index contributed by atoms with van der Waals surface area (Å²) in [5.41, 5.74) is 1.49. The summed E-state index contributed by atoms with van der Waals surface area (Å²) in [5, 5.41) is 6.10. The fourth-order valence-electron chi connectivity index (χ4n) is 1.67. The van der Waals surface area contributed by atoms with Crippen LogP contribution in [0.1, 0.15) is 26.3 Å². The summed E-state index contributed by atoms with van der Waals surface area (Å²) in [6.07, 6.45) is 0. The van der Waals surface area contributed by atoms with Gasteiger partial charge in [0.25, 0.3) is 0 Å². The monoisotopic (exact) mass is 391 g/mol. The van der Waals surface area contributed by atoms with Crippen LogP contribution in [-0.4, -0.2) is 33.2 Å². The van der Waals surface area contributed by atoms with Crippen molar-refractivity contribution in [1.29, 1.82) is 0 Å². The van der Waals surface area contributed by atoms with Crippen molar-refractivity contribution in [3.63, 3.8) is 0 Å². The molecule has 0 bridgehead atoms. The Kier molecular flexibility index (Phi) is 8.60. The SMILES string of the molecule is CN=C(NC)NCCOc1ccc(C(C)(C)C)cc1.I. The fraction of sp³-hybridized carbons (Fsp3) is 0.533. The van der Waals surface area contributed by atoms with Crippen LogP contribution < -0.4 is 15.4 Å². The van der Waals surface area contributed by atoms with E-state index in [4.69, 9.17) is 4.74 Å². The predicted octanol–water partition coefficient (Wildman–Crippen LogP) is 2.78. The molecule has 0 radical (unpaired) electrons. The molecule has 20 heavy (non-hydrogen) atoms. The first kappa shape index (κ1) is 19.0. The first-order valence-corrected chi connectivity index (χ1v) is 6.59. The van der Waals surface area contributed by atoms with Gasteiger partial charge < -0.3 is 15.4 Å². The summed E-state index contributed by atoms with van der Waals surface area (Å²) in [5.74, 6) is 1.67. The maximum absolute atomic E-state index is 5.67. The number of aliphatic imine (C=N–C) groups is 1. The molecule has 0 heterocycles. The molecule has 0 amide bonds. The van der Waals surface area contributed by atoms with Crippen molar-refractivity contribution < 1.29 is 4.74 Å². The highest BCUT2D eigenvalue weighted by molar-refractivity contribution is 14.0. The number of benzene rings is 1. The minimum Gasteiger partial charge on any atom is -0.492 e. The lowest BCUT2D eigenvalue weighted by Crippen LogP contribution is -2.37. The van der Waals surface area contributed by atoms with Crippen LogP contribution >= 0.6 is 24.0 Å². The van der Waals surface area contributed by atoms with E-state index in [1.807, 2.05) is 19.2 Å². The lowest BCUT2D eigenvalue weighted by molar-refractivity contribution is 0.322. The summed E-state index contributed by atoms with van der Waals surface area (Å²) in [4.78, 5) is 4.03. The summed E-state index contributed by atoms with van der Waals surface area (Å²) in [6.45, 7) is 7.94. The topological polar surface area (TPSA) is 45.7 Å². The van der Waals surface area contributed by atoms with Crippen LogP contribution in [-0.2, 0) is 5.41 Å². The van der Waals surface area contributed by atoms with E-state index in [0.717, 1.165) is 11.7 Å². The molecular weight excluding hydrogens is 365 g/mol. The van der Waals surface area contributed by atoms with Crippen molar-refractivity contribution >= 4 is 29.9 Å². The second kappa shape index (κ2) is 9.05. The minimum atomic E-state index is 0. The van der Waals surface area contributed by atoms with Gasteiger partial charge in [-0.05, 0) is 23.1 Å². The lowest BCUT2D eigenvalue weighted by atomic mass is 9.87. The number of hydrogen-bond acceptors (Lipinski definition) is 2. The molecule has 0 atom stereocenters. The predicted molar refractivity (Wildman–Crippen MR) is 96.5 cm³/mol. The van der Waals surface area contributed by atoms with E-state index in [1.165, 1.54) is 5.56 Å². The van der Waals surface area contributed by atoms with Gasteiger partial charge in [-0.15, -0.1) is 24.0 Å². The first-order chi connectivity index (χ1) is 8.97. The Morgan fingerprint density at radius 2 is 1.80 bits per heavy atom. The van der Waals surface area contributed by atoms with Crippen molar-refractivity contribution in [1.82, 2.24) is 10.6 Å². The number of nitrogens with zero attached hydrogens (tertiary/aromatic N) is 1. The van der Waals surface area contributed by atoms with Gasteiger partial charge in [0.15, 0.2) is 5.96 Å². The Balaban J connectivity index is 0.00000361. The average molecular weight is 391 g/mol. The van der Waals surface area contributed by atoms with Crippen molar-refractivity contribution in [2.45, 2.75) is 26.2 Å². The fourth-order valence-corrected chi connectivity index (χ4v) is 1.67. The lowest BCUT2D eigenvalue weighted by Gasteiger charge is -2.19. The smallest absolute Gasteiger partial charge is 0.190 e. The summed E-state index contributed by atoms with van der Waals surface area (Å²) in [6, 6.07) is 8.28. The number of rotatable bonds is 4. The van der Waals surface area contributed by atoms with Gasteiger partial charge >= 0.3 is 0 Å². The number of hydrogen-bond donors (Lipinski definition) is 2. The zero-order chi connectivity index (χ0) is 14.3. The van der Waals surface area contributed by atoms with Crippen LogP contribution in [0.3, 0.4) is 0 Å². The number of halogens is 1. The zero-order valence-corrected chi connectivity index (χ0v) is 15.3. The Hall–Kier alpha value is -0.980. The molecule has 0 saturated carbocycles. The largest absolute Gasteiger partial charge is 0.492 e. The summed E-state index contributed by atoms with van der Waals surface area (Å²) >= 11 is 0. The van der Waals surface area contributed by atoms with Crippen LogP contribution in [0.5, 0.6) is 5.75 Å². The number of nitrogens with one attached hydrogen (secondary N) is 2. The molecule has 1 rings (SSSR count). The summed E-state index contributed by atoms with van der Waals surface area (Å²) in [7, 11) is 3.58. The average Bonchev–Trinajstić information content (AvgIpc) is 2.38. The van der Waals surface area contributed by atoms with Crippen LogP contribution in [0, 0.1) is 0 Å². The second-order valence-electron chi connectivity index (χ2n) is 5.37. The molecule has 0 saturated heterocycles.